The van der Waals surface area contributed by atoms with Crippen molar-refractivity contribution in [2.75, 3.05) is 19.7 Å². The molecule has 0 radical (unpaired) electrons. The first-order valence-electron chi connectivity index (χ1n) is 5.41. The van der Waals surface area contributed by atoms with Crippen molar-refractivity contribution in [1.82, 2.24) is 4.90 Å². The van der Waals surface area contributed by atoms with E-state index in [-0.39, 0.29) is 17.3 Å². The largest absolute Gasteiger partial charge is 0.360 e. The van der Waals surface area contributed by atoms with Gasteiger partial charge >= 0.3 is 0 Å². The van der Waals surface area contributed by atoms with E-state index in [9.17, 15) is 9.18 Å². The number of nitriles is 1. The second kappa shape index (κ2) is 5.38. The van der Waals surface area contributed by atoms with E-state index in [2.05, 4.69) is 12.6 Å². The van der Waals surface area contributed by atoms with E-state index >= 15 is 0 Å². The van der Waals surface area contributed by atoms with Crippen LogP contribution >= 0.6 is 12.6 Å². The minimum absolute atomic E-state index is 0.131. The Labute approximate surface area is 109 Å². The Hall–Kier alpha value is -1.58. The number of carbonyl (C=O) groups excluding carboxylic acids is 1. The molecule has 0 spiro atoms. The van der Waals surface area contributed by atoms with Gasteiger partial charge in [0.1, 0.15) is 5.82 Å². The van der Waals surface area contributed by atoms with Crippen molar-refractivity contribution in [1.29, 1.82) is 5.26 Å². The van der Waals surface area contributed by atoms with Crippen LogP contribution in [0.4, 0.5) is 4.39 Å². The summed E-state index contributed by atoms with van der Waals surface area (Å²) in [6.07, 6.45) is -0.598. The standard InChI is InChI=1S/C12H11FN2O2S/c13-10-2-1-8(5-11(10)18)12(16)15-3-4-17-9(6-14)7-15/h1-2,5,9,18H,3-4,7H2. The van der Waals surface area contributed by atoms with Gasteiger partial charge in [-0.2, -0.15) is 5.26 Å². The lowest BCUT2D eigenvalue weighted by atomic mass is 10.1. The summed E-state index contributed by atoms with van der Waals surface area (Å²) in [7, 11) is 0. The number of nitrogens with zero attached hydrogens (tertiary/aromatic N) is 2. The Kier molecular flexibility index (Phi) is 3.84. The molecule has 4 nitrogen and oxygen atoms in total. The topological polar surface area (TPSA) is 53.3 Å². The van der Waals surface area contributed by atoms with Crippen LogP contribution < -0.4 is 0 Å². The molecule has 0 saturated carbocycles. The van der Waals surface area contributed by atoms with Crippen molar-refractivity contribution in [3.8, 4) is 6.07 Å². The van der Waals surface area contributed by atoms with Gasteiger partial charge in [0.25, 0.3) is 5.91 Å². The van der Waals surface area contributed by atoms with E-state index in [1.807, 2.05) is 6.07 Å². The second-order valence-corrected chi connectivity index (χ2v) is 4.39. The minimum Gasteiger partial charge on any atom is -0.360 e. The van der Waals surface area contributed by atoms with Crippen LogP contribution in [0.1, 0.15) is 10.4 Å². The van der Waals surface area contributed by atoms with Crippen LogP contribution in [0.2, 0.25) is 0 Å². The van der Waals surface area contributed by atoms with Gasteiger partial charge in [0.2, 0.25) is 0 Å². The predicted molar refractivity (Wildman–Crippen MR) is 64.9 cm³/mol. The summed E-state index contributed by atoms with van der Waals surface area (Å²) < 4.78 is 18.2. The zero-order valence-electron chi connectivity index (χ0n) is 9.47. The number of benzene rings is 1. The zero-order valence-corrected chi connectivity index (χ0v) is 10.4. The molecule has 0 bridgehead atoms. The van der Waals surface area contributed by atoms with Crippen LogP contribution in [0.3, 0.4) is 0 Å². The third-order valence-corrected chi connectivity index (χ3v) is 3.03. The molecule has 0 aliphatic carbocycles. The molecular formula is C12H11FN2O2S. The Balaban J connectivity index is 2.15. The Morgan fingerprint density at radius 3 is 3.06 bits per heavy atom. The molecule has 1 fully saturated rings. The van der Waals surface area contributed by atoms with E-state index in [1.54, 1.807) is 0 Å². The van der Waals surface area contributed by atoms with Crippen molar-refractivity contribution in [2.24, 2.45) is 0 Å². The van der Waals surface area contributed by atoms with Crippen molar-refractivity contribution in [3.63, 3.8) is 0 Å². The van der Waals surface area contributed by atoms with Crippen LogP contribution in [0.5, 0.6) is 0 Å². The SMILES string of the molecule is N#CC1CN(C(=O)c2ccc(F)c(S)c2)CCO1. The normalized spacial score (nSPS) is 19.4. The van der Waals surface area contributed by atoms with Gasteiger partial charge in [-0.15, -0.1) is 12.6 Å². The zero-order chi connectivity index (χ0) is 13.1. The summed E-state index contributed by atoms with van der Waals surface area (Å²) in [4.78, 5) is 13.8. The molecule has 6 heteroatoms. The summed E-state index contributed by atoms with van der Waals surface area (Å²) in [5, 5.41) is 8.77. The lowest BCUT2D eigenvalue weighted by molar-refractivity contribution is 0.00345. The minimum atomic E-state index is -0.598. The molecule has 1 atom stereocenters. The summed E-state index contributed by atoms with van der Waals surface area (Å²) in [6.45, 7) is 0.990. The van der Waals surface area contributed by atoms with Crippen molar-refractivity contribution < 1.29 is 13.9 Å². The second-order valence-electron chi connectivity index (χ2n) is 3.91. The van der Waals surface area contributed by atoms with E-state index in [0.29, 0.717) is 18.7 Å². The summed E-state index contributed by atoms with van der Waals surface area (Å²) >= 11 is 3.94. The van der Waals surface area contributed by atoms with E-state index in [0.717, 1.165) is 0 Å². The number of halogens is 1. The molecule has 0 N–H and O–H groups in total. The van der Waals surface area contributed by atoms with Gasteiger partial charge in [0.15, 0.2) is 6.10 Å². The molecule has 1 heterocycles. The molecule has 1 aliphatic heterocycles. The lowest BCUT2D eigenvalue weighted by Gasteiger charge is -2.29. The number of carbonyl (C=O) groups is 1. The van der Waals surface area contributed by atoms with E-state index in [1.165, 1.54) is 23.1 Å². The van der Waals surface area contributed by atoms with Gasteiger partial charge in [-0.1, -0.05) is 0 Å². The third-order valence-electron chi connectivity index (χ3n) is 2.69. The average Bonchev–Trinajstić information content (AvgIpc) is 2.41. The highest BCUT2D eigenvalue weighted by Gasteiger charge is 2.25. The van der Waals surface area contributed by atoms with Gasteiger partial charge in [-0.25, -0.2) is 4.39 Å². The Morgan fingerprint density at radius 1 is 1.61 bits per heavy atom. The maximum Gasteiger partial charge on any atom is 0.254 e. The third kappa shape index (κ3) is 2.63. The lowest BCUT2D eigenvalue weighted by Crippen LogP contribution is -2.45. The van der Waals surface area contributed by atoms with Gasteiger partial charge in [-0.05, 0) is 18.2 Å². The summed E-state index contributed by atoms with van der Waals surface area (Å²) in [6, 6.07) is 5.97. The fraction of sp³-hybridized carbons (Fsp3) is 0.333. The number of amides is 1. The smallest absolute Gasteiger partial charge is 0.254 e. The molecule has 1 amide bonds. The highest BCUT2D eigenvalue weighted by Crippen LogP contribution is 2.17. The summed E-state index contributed by atoms with van der Waals surface area (Å²) in [5.41, 5.74) is 0.361. The van der Waals surface area contributed by atoms with E-state index in [4.69, 9.17) is 10.00 Å². The van der Waals surface area contributed by atoms with Gasteiger partial charge in [0.05, 0.1) is 19.2 Å². The predicted octanol–water partition coefficient (Wildman–Crippen LogP) is 1.48. The first kappa shape index (κ1) is 12.9. The molecule has 1 saturated heterocycles. The Bertz CT molecular complexity index is 515. The molecule has 94 valence electrons. The fourth-order valence-corrected chi connectivity index (χ4v) is 1.95. The van der Waals surface area contributed by atoms with Gasteiger partial charge in [0, 0.05) is 17.0 Å². The first-order valence-corrected chi connectivity index (χ1v) is 5.85. The van der Waals surface area contributed by atoms with Gasteiger partial charge in [-0.3, -0.25) is 4.79 Å². The molecule has 1 unspecified atom stereocenters. The number of thiol groups is 1. The highest BCUT2D eigenvalue weighted by atomic mass is 32.1. The van der Waals surface area contributed by atoms with Crippen molar-refractivity contribution >= 4 is 18.5 Å². The number of hydrogen-bond donors (Lipinski definition) is 1. The fourth-order valence-electron chi connectivity index (χ4n) is 1.74. The van der Waals surface area contributed by atoms with Crippen LogP contribution in [-0.4, -0.2) is 36.6 Å². The maximum absolute atomic E-state index is 13.1. The molecule has 1 aromatic carbocycles. The van der Waals surface area contributed by atoms with Crippen LogP contribution in [-0.2, 0) is 4.74 Å². The van der Waals surface area contributed by atoms with Crippen molar-refractivity contribution in [2.45, 2.75) is 11.0 Å². The monoisotopic (exact) mass is 266 g/mol. The van der Waals surface area contributed by atoms with Crippen LogP contribution in [0, 0.1) is 17.1 Å². The number of ether oxygens (including phenoxy) is 1. The number of morpholine rings is 1. The first-order chi connectivity index (χ1) is 8.61. The Morgan fingerprint density at radius 2 is 2.39 bits per heavy atom. The highest BCUT2D eigenvalue weighted by molar-refractivity contribution is 7.80. The quantitative estimate of drug-likeness (QED) is 0.783. The molecule has 1 aromatic rings. The maximum atomic E-state index is 13.1. The van der Waals surface area contributed by atoms with Crippen molar-refractivity contribution in [3.05, 3.63) is 29.6 Å². The number of rotatable bonds is 1. The average molecular weight is 266 g/mol. The molecular weight excluding hydrogens is 255 g/mol. The molecule has 1 aliphatic rings. The molecule has 18 heavy (non-hydrogen) atoms. The van der Waals surface area contributed by atoms with Crippen LogP contribution in [0.15, 0.2) is 23.1 Å². The van der Waals surface area contributed by atoms with E-state index < -0.39 is 11.9 Å². The molecule has 2 rings (SSSR count). The molecule has 0 aromatic heterocycles. The number of hydrogen-bond acceptors (Lipinski definition) is 4. The van der Waals surface area contributed by atoms with Gasteiger partial charge < -0.3 is 9.64 Å². The summed E-state index contributed by atoms with van der Waals surface area (Å²) in [5.74, 6) is -0.708. The van der Waals surface area contributed by atoms with Crippen LogP contribution in [0.25, 0.3) is 0 Å².